The summed E-state index contributed by atoms with van der Waals surface area (Å²) in [6.07, 6.45) is 0. The van der Waals surface area contributed by atoms with Crippen molar-refractivity contribution in [2.45, 2.75) is 13.0 Å². The van der Waals surface area contributed by atoms with Crippen molar-refractivity contribution in [2.24, 2.45) is 0 Å². The van der Waals surface area contributed by atoms with E-state index in [0.717, 1.165) is 22.5 Å². The summed E-state index contributed by atoms with van der Waals surface area (Å²) in [6.45, 7) is 1.89. The largest absolute Gasteiger partial charge is 0.496 e. The van der Waals surface area contributed by atoms with Crippen LogP contribution < -0.4 is 15.4 Å². The van der Waals surface area contributed by atoms with Gasteiger partial charge in [-0.15, -0.1) is 5.10 Å². The van der Waals surface area contributed by atoms with Crippen LogP contribution >= 0.6 is 0 Å². The number of allylic oxidation sites excluding steroid dienone is 1. The van der Waals surface area contributed by atoms with Gasteiger partial charge in [-0.2, -0.15) is 4.98 Å². The molecule has 0 fully saturated rings. The average Bonchev–Trinajstić information content (AvgIpc) is 3.27. The minimum Gasteiger partial charge on any atom is -0.496 e. The van der Waals surface area contributed by atoms with Gasteiger partial charge in [-0.05, 0) is 36.8 Å². The smallest absolute Gasteiger partial charge is 0.255 e. The molecule has 7 heteroatoms. The van der Waals surface area contributed by atoms with Gasteiger partial charge in [-0.25, -0.2) is 4.68 Å². The molecule has 0 spiro atoms. The maximum atomic E-state index is 13.5. The second kappa shape index (κ2) is 8.63. The summed E-state index contributed by atoms with van der Waals surface area (Å²) in [7, 11) is 1.62. The highest BCUT2D eigenvalue weighted by Crippen LogP contribution is 2.37. The molecule has 4 aromatic rings. The van der Waals surface area contributed by atoms with Gasteiger partial charge in [-0.1, -0.05) is 60.7 Å². The first kappa shape index (κ1) is 20.5. The molecule has 1 aromatic heterocycles. The topological polar surface area (TPSA) is 81.1 Å². The molecule has 2 N–H and O–H groups in total. The molecule has 3 aromatic carbocycles. The lowest BCUT2D eigenvalue weighted by molar-refractivity contribution is -0.113. The second-order valence-corrected chi connectivity index (χ2v) is 7.70. The van der Waals surface area contributed by atoms with Crippen molar-refractivity contribution >= 4 is 17.5 Å². The summed E-state index contributed by atoms with van der Waals surface area (Å²) < 4.78 is 7.27. The Hall–Kier alpha value is -4.39. The maximum Gasteiger partial charge on any atom is 0.255 e. The van der Waals surface area contributed by atoms with E-state index in [1.807, 2.05) is 91.9 Å². The van der Waals surface area contributed by atoms with E-state index in [-0.39, 0.29) is 5.91 Å². The number of anilines is 2. The first-order valence-corrected chi connectivity index (χ1v) is 10.6. The maximum absolute atomic E-state index is 13.5. The number of ether oxygens (including phenoxy) is 1. The van der Waals surface area contributed by atoms with Crippen LogP contribution in [-0.4, -0.2) is 27.8 Å². The minimum absolute atomic E-state index is 0.194. The number of nitrogens with zero attached hydrogens (tertiary/aromatic N) is 3. The SMILES string of the molecule is COc1ccccc1-c1nc2n(n1)C(c1ccccc1)C(C(=O)Nc1ccccc1)=C(C)N2. The molecule has 0 aliphatic carbocycles. The van der Waals surface area contributed by atoms with Crippen molar-refractivity contribution in [3.05, 3.63) is 102 Å². The molecule has 1 unspecified atom stereocenters. The standard InChI is InChI=1S/C26H23N5O2/c1-17-22(25(32)28-19-13-7-4-8-14-19)23(18-11-5-3-6-12-18)31-26(27-17)29-24(30-31)20-15-9-10-16-21(20)33-2/h3-16,23H,1-2H3,(H,28,32)(H,27,29,30). The van der Waals surface area contributed by atoms with E-state index in [1.54, 1.807) is 11.8 Å². The van der Waals surface area contributed by atoms with Gasteiger partial charge in [0.05, 0.1) is 18.2 Å². The number of hydrogen-bond donors (Lipinski definition) is 2. The van der Waals surface area contributed by atoms with Gasteiger partial charge in [0, 0.05) is 11.4 Å². The molecule has 5 rings (SSSR count). The van der Waals surface area contributed by atoms with E-state index in [2.05, 4.69) is 10.6 Å². The minimum atomic E-state index is -0.442. The third-order valence-corrected chi connectivity index (χ3v) is 5.59. The quantitative estimate of drug-likeness (QED) is 0.465. The normalized spacial score (nSPS) is 14.9. The van der Waals surface area contributed by atoms with Crippen molar-refractivity contribution < 1.29 is 9.53 Å². The van der Waals surface area contributed by atoms with Crippen molar-refractivity contribution in [3.8, 4) is 17.1 Å². The van der Waals surface area contributed by atoms with Crippen LogP contribution in [0, 0.1) is 0 Å². The zero-order valence-corrected chi connectivity index (χ0v) is 18.3. The molecule has 1 aliphatic heterocycles. The highest BCUT2D eigenvalue weighted by atomic mass is 16.5. The predicted octanol–water partition coefficient (Wildman–Crippen LogP) is 4.88. The fraction of sp³-hybridized carbons (Fsp3) is 0.115. The van der Waals surface area contributed by atoms with Gasteiger partial charge in [0.1, 0.15) is 11.8 Å². The van der Waals surface area contributed by atoms with Crippen LogP contribution in [0.25, 0.3) is 11.4 Å². The molecule has 1 amide bonds. The molecular weight excluding hydrogens is 414 g/mol. The molecule has 0 saturated heterocycles. The Balaban J connectivity index is 1.61. The molecule has 7 nitrogen and oxygen atoms in total. The fourth-order valence-electron chi connectivity index (χ4n) is 4.05. The van der Waals surface area contributed by atoms with Crippen molar-refractivity contribution in [1.29, 1.82) is 0 Å². The number of hydrogen-bond acceptors (Lipinski definition) is 5. The zero-order chi connectivity index (χ0) is 22.8. The lowest BCUT2D eigenvalue weighted by Gasteiger charge is -2.28. The number of carbonyl (C=O) groups is 1. The van der Waals surface area contributed by atoms with E-state index in [1.165, 1.54) is 0 Å². The molecule has 2 heterocycles. The van der Waals surface area contributed by atoms with Crippen molar-refractivity contribution in [2.75, 3.05) is 17.7 Å². The van der Waals surface area contributed by atoms with Crippen LogP contribution in [-0.2, 0) is 4.79 Å². The summed E-state index contributed by atoms with van der Waals surface area (Å²) in [5.74, 6) is 1.58. The number of nitrogens with one attached hydrogen (secondary N) is 2. The highest BCUT2D eigenvalue weighted by molar-refractivity contribution is 6.06. The molecule has 0 saturated carbocycles. The lowest BCUT2D eigenvalue weighted by atomic mass is 9.95. The van der Waals surface area contributed by atoms with Crippen LogP contribution in [0.4, 0.5) is 11.6 Å². The number of fused-ring (bicyclic) bond motifs is 1. The van der Waals surface area contributed by atoms with Crippen molar-refractivity contribution in [3.63, 3.8) is 0 Å². The Morgan fingerprint density at radius 2 is 1.64 bits per heavy atom. The number of benzene rings is 3. The van der Waals surface area contributed by atoms with E-state index in [9.17, 15) is 4.79 Å². The Morgan fingerprint density at radius 1 is 0.970 bits per heavy atom. The number of carbonyl (C=O) groups excluding carboxylic acids is 1. The van der Waals surface area contributed by atoms with Gasteiger partial charge in [0.15, 0.2) is 5.82 Å². The summed E-state index contributed by atoms with van der Waals surface area (Å²) in [6, 6.07) is 26.4. The highest BCUT2D eigenvalue weighted by Gasteiger charge is 2.34. The van der Waals surface area contributed by atoms with Crippen LogP contribution in [0.1, 0.15) is 18.5 Å². The lowest BCUT2D eigenvalue weighted by Crippen LogP contribution is -2.31. The van der Waals surface area contributed by atoms with E-state index >= 15 is 0 Å². The first-order chi connectivity index (χ1) is 16.2. The Morgan fingerprint density at radius 3 is 2.36 bits per heavy atom. The van der Waals surface area contributed by atoms with E-state index in [0.29, 0.717) is 23.1 Å². The van der Waals surface area contributed by atoms with Gasteiger partial charge in [0.25, 0.3) is 5.91 Å². The number of methoxy groups -OCH3 is 1. The van der Waals surface area contributed by atoms with Gasteiger partial charge in [0.2, 0.25) is 5.95 Å². The van der Waals surface area contributed by atoms with Gasteiger partial charge >= 0.3 is 0 Å². The number of para-hydroxylation sites is 2. The number of aromatic nitrogens is 3. The van der Waals surface area contributed by atoms with Crippen LogP contribution in [0.5, 0.6) is 5.75 Å². The summed E-state index contributed by atoms with van der Waals surface area (Å²) in [4.78, 5) is 18.2. The average molecular weight is 438 g/mol. The van der Waals surface area contributed by atoms with Crippen LogP contribution in [0.3, 0.4) is 0 Å². The molecule has 1 aliphatic rings. The molecule has 33 heavy (non-hydrogen) atoms. The Kier molecular flexibility index (Phi) is 5.36. The molecular formula is C26H23N5O2. The molecule has 164 valence electrons. The van der Waals surface area contributed by atoms with Crippen molar-refractivity contribution in [1.82, 2.24) is 14.8 Å². The first-order valence-electron chi connectivity index (χ1n) is 10.6. The summed E-state index contributed by atoms with van der Waals surface area (Å²) >= 11 is 0. The van der Waals surface area contributed by atoms with E-state index < -0.39 is 6.04 Å². The Bertz CT molecular complexity index is 1330. The predicted molar refractivity (Wildman–Crippen MR) is 128 cm³/mol. The second-order valence-electron chi connectivity index (χ2n) is 7.70. The van der Waals surface area contributed by atoms with Gasteiger partial charge in [-0.3, -0.25) is 4.79 Å². The monoisotopic (exact) mass is 437 g/mol. The zero-order valence-electron chi connectivity index (χ0n) is 18.3. The van der Waals surface area contributed by atoms with E-state index in [4.69, 9.17) is 14.8 Å². The number of rotatable bonds is 5. The third-order valence-electron chi connectivity index (χ3n) is 5.59. The van der Waals surface area contributed by atoms with Gasteiger partial charge < -0.3 is 15.4 Å². The summed E-state index contributed by atoms with van der Waals surface area (Å²) in [5, 5.41) is 11.1. The Labute approximate surface area is 191 Å². The van der Waals surface area contributed by atoms with Crippen LogP contribution in [0.15, 0.2) is 96.2 Å². The summed E-state index contributed by atoms with van der Waals surface area (Å²) in [5.41, 5.74) is 3.75. The number of amides is 1. The molecule has 1 atom stereocenters. The van der Waals surface area contributed by atoms with Crippen LogP contribution in [0.2, 0.25) is 0 Å². The fourth-order valence-corrected chi connectivity index (χ4v) is 4.05. The third kappa shape index (κ3) is 3.85. The molecule has 0 radical (unpaired) electrons. The molecule has 0 bridgehead atoms.